The molecule has 1 aliphatic carbocycles. The third-order valence-corrected chi connectivity index (χ3v) is 6.99. The maximum atomic E-state index is 15.1. The quantitative estimate of drug-likeness (QED) is 0.383. The van der Waals surface area contributed by atoms with Crippen molar-refractivity contribution >= 4 is 5.97 Å². The van der Waals surface area contributed by atoms with Crippen molar-refractivity contribution in [3.05, 3.63) is 76.7 Å². The molecular formula is C31H27FN2O5. The van der Waals surface area contributed by atoms with Crippen molar-refractivity contribution in [3.63, 3.8) is 0 Å². The molecule has 3 aromatic rings. The van der Waals surface area contributed by atoms with Gasteiger partial charge in [-0.1, -0.05) is 24.1 Å². The van der Waals surface area contributed by atoms with Crippen LogP contribution in [-0.4, -0.2) is 35.4 Å². The van der Waals surface area contributed by atoms with Crippen molar-refractivity contribution in [2.75, 3.05) is 13.2 Å². The molecule has 8 heteroatoms. The monoisotopic (exact) mass is 526 g/mol. The van der Waals surface area contributed by atoms with Gasteiger partial charge in [-0.15, -0.1) is 5.92 Å². The van der Waals surface area contributed by atoms with Crippen molar-refractivity contribution in [3.8, 4) is 40.7 Å². The van der Waals surface area contributed by atoms with Gasteiger partial charge in [-0.2, -0.15) is 5.26 Å². The molecule has 1 fully saturated rings. The van der Waals surface area contributed by atoms with Crippen molar-refractivity contribution < 1.29 is 28.5 Å². The standard InChI is InChI=1S/C31H27FN2O5/c1-2-3-20(15-29(35)36)19-4-6-23(7-5-19)38-28-11-9-26-25(8-10-27(32)30(26)28)22-14-21(16-33)31(34-17-22)39-24-12-13-37-18-24/h4-8,10,14,17,20,24,28H,9,11-13,15,18H2,1H3,(H,35,36)/t20?,24-,28-/m1/s1. The molecule has 1 aromatic heterocycles. The van der Waals surface area contributed by atoms with Crippen molar-refractivity contribution in [1.29, 1.82) is 5.26 Å². The molecule has 1 aliphatic heterocycles. The number of fused-ring (bicyclic) bond motifs is 1. The van der Waals surface area contributed by atoms with Crippen LogP contribution in [0.25, 0.3) is 11.1 Å². The van der Waals surface area contributed by atoms with Crippen LogP contribution in [0, 0.1) is 29.0 Å². The first-order valence-corrected chi connectivity index (χ1v) is 12.8. The third-order valence-electron chi connectivity index (χ3n) is 6.99. The van der Waals surface area contributed by atoms with E-state index < -0.39 is 18.0 Å². The van der Waals surface area contributed by atoms with E-state index in [0.29, 0.717) is 48.5 Å². The van der Waals surface area contributed by atoms with Crippen LogP contribution in [0.5, 0.6) is 11.6 Å². The number of hydrogen-bond donors (Lipinski definition) is 1. The van der Waals surface area contributed by atoms with E-state index in [0.717, 1.165) is 23.1 Å². The molecule has 1 N–H and O–H groups in total. The molecule has 1 unspecified atom stereocenters. The summed E-state index contributed by atoms with van der Waals surface area (Å²) in [6, 6.07) is 14.1. The number of carboxylic acid groups (broad SMARTS) is 1. The van der Waals surface area contributed by atoms with Crippen LogP contribution in [0.15, 0.2) is 48.7 Å². The first kappa shape index (κ1) is 26.2. The van der Waals surface area contributed by atoms with Gasteiger partial charge in [0, 0.05) is 23.7 Å². The zero-order valence-electron chi connectivity index (χ0n) is 21.4. The Balaban J connectivity index is 1.38. The van der Waals surface area contributed by atoms with Gasteiger partial charge >= 0.3 is 5.97 Å². The van der Waals surface area contributed by atoms with Crippen LogP contribution in [-0.2, 0) is 16.0 Å². The number of aliphatic carboxylic acids is 1. The molecule has 39 heavy (non-hydrogen) atoms. The maximum absolute atomic E-state index is 15.1. The maximum Gasteiger partial charge on any atom is 0.304 e. The molecule has 2 aliphatic rings. The summed E-state index contributed by atoms with van der Waals surface area (Å²) in [6.45, 7) is 2.77. The lowest BCUT2D eigenvalue weighted by atomic mass is 9.96. The van der Waals surface area contributed by atoms with Crippen molar-refractivity contribution in [2.24, 2.45) is 0 Å². The number of carbonyl (C=O) groups is 1. The summed E-state index contributed by atoms with van der Waals surface area (Å²) in [6.07, 6.45) is 2.91. The van der Waals surface area contributed by atoms with E-state index in [9.17, 15) is 15.2 Å². The molecule has 1 saturated heterocycles. The highest BCUT2D eigenvalue weighted by Gasteiger charge is 2.31. The molecule has 198 valence electrons. The number of nitrogens with zero attached hydrogens (tertiary/aromatic N) is 2. The summed E-state index contributed by atoms with van der Waals surface area (Å²) >= 11 is 0. The van der Waals surface area contributed by atoms with Crippen LogP contribution in [0.1, 0.15) is 60.5 Å². The summed E-state index contributed by atoms with van der Waals surface area (Å²) in [5, 5.41) is 18.9. The number of nitriles is 1. The van der Waals surface area contributed by atoms with Gasteiger partial charge in [-0.25, -0.2) is 9.37 Å². The van der Waals surface area contributed by atoms with Crippen LogP contribution in [0.2, 0.25) is 0 Å². The van der Waals surface area contributed by atoms with E-state index >= 15 is 4.39 Å². The van der Waals surface area contributed by atoms with Gasteiger partial charge in [0.2, 0.25) is 5.88 Å². The second kappa shape index (κ2) is 11.6. The van der Waals surface area contributed by atoms with E-state index in [-0.39, 0.29) is 24.2 Å². The number of benzene rings is 2. The molecule has 5 rings (SSSR count). The van der Waals surface area contributed by atoms with Crippen LogP contribution in [0.3, 0.4) is 0 Å². The molecule has 0 spiro atoms. The number of carboxylic acids is 1. The normalized spacial score (nSPS) is 18.4. The number of ether oxygens (including phenoxy) is 3. The summed E-state index contributed by atoms with van der Waals surface area (Å²) < 4.78 is 32.5. The smallest absolute Gasteiger partial charge is 0.304 e. The van der Waals surface area contributed by atoms with E-state index in [1.807, 2.05) is 0 Å². The van der Waals surface area contributed by atoms with E-state index in [4.69, 9.17) is 14.2 Å². The zero-order valence-corrected chi connectivity index (χ0v) is 21.4. The molecule has 7 nitrogen and oxygen atoms in total. The highest BCUT2D eigenvalue weighted by molar-refractivity contribution is 5.71. The number of hydrogen-bond acceptors (Lipinski definition) is 6. The lowest BCUT2D eigenvalue weighted by Gasteiger charge is -2.18. The fourth-order valence-corrected chi connectivity index (χ4v) is 5.14. The Morgan fingerprint density at radius 3 is 2.74 bits per heavy atom. The molecular weight excluding hydrogens is 499 g/mol. The predicted molar refractivity (Wildman–Crippen MR) is 141 cm³/mol. The Kier molecular flexibility index (Phi) is 7.76. The fraction of sp³-hybridized carbons (Fsp3) is 0.323. The minimum absolute atomic E-state index is 0.0878. The summed E-state index contributed by atoms with van der Waals surface area (Å²) in [5.74, 6) is 4.88. The highest BCUT2D eigenvalue weighted by atomic mass is 19.1. The average molecular weight is 527 g/mol. The van der Waals surface area contributed by atoms with Gasteiger partial charge < -0.3 is 19.3 Å². The van der Waals surface area contributed by atoms with Gasteiger partial charge in [0.05, 0.1) is 25.6 Å². The summed E-state index contributed by atoms with van der Waals surface area (Å²) in [5.41, 5.74) is 3.95. The summed E-state index contributed by atoms with van der Waals surface area (Å²) in [7, 11) is 0. The van der Waals surface area contributed by atoms with Gasteiger partial charge in [-0.3, -0.25) is 4.79 Å². The van der Waals surface area contributed by atoms with Crippen LogP contribution >= 0.6 is 0 Å². The molecule has 0 radical (unpaired) electrons. The second-order valence-corrected chi connectivity index (χ2v) is 9.54. The number of rotatable bonds is 8. The lowest BCUT2D eigenvalue weighted by molar-refractivity contribution is -0.137. The topological polar surface area (TPSA) is 102 Å². The van der Waals surface area contributed by atoms with Gasteiger partial charge in [0.15, 0.2) is 0 Å². The second-order valence-electron chi connectivity index (χ2n) is 9.54. The Hall–Kier alpha value is -4.40. The number of aromatic nitrogens is 1. The van der Waals surface area contributed by atoms with Crippen molar-refractivity contribution in [1.82, 2.24) is 4.98 Å². The van der Waals surface area contributed by atoms with Gasteiger partial charge in [0.25, 0.3) is 0 Å². The molecule has 2 aromatic carbocycles. The molecule has 2 heterocycles. The van der Waals surface area contributed by atoms with E-state index in [1.165, 1.54) is 6.07 Å². The Morgan fingerprint density at radius 1 is 1.23 bits per heavy atom. The first-order valence-electron chi connectivity index (χ1n) is 12.8. The third kappa shape index (κ3) is 5.72. The minimum atomic E-state index is -0.917. The molecule has 3 atom stereocenters. The molecule has 0 saturated carbocycles. The van der Waals surface area contributed by atoms with Crippen LogP contribution in [0.4, 0.5) is 4.39 Å². The minimum Gasteiger partial charge on any atom is -0.486 e. The van der Waals surface area contributed by atoms with Gasteiger partial charge in [-0.05, 0) is 60.7 Å². The van der Waals surface area contributed by atoms with Crippen LogP contribution < -0.4 is 9.47 Å². The largest absolute Gasteiger partial charge is 0.486 e. The zero-order chi connectivity index (χ0) is 27.4. The molecule has 0 amide bonds. The van der Waals surface area contributed by atoms with Gasteiger partial charge in [0.1, 0.15) is 35.4 Å². The SMILES string of the molecule is CC#CC(CC(=O)O)c1ccc(O[C@@H]2CCc3c(-c4cnc(O[C@@H]5CCOC5)c(C#N)c4)ccc(F)c32)cc1. The number of halogens is 1. The Labute approximate surface area is 226 Å². The summed E-state index contributed by atoms with van der Waals surface area (Å²) in [4.78, 5) is 15.6. The molecule has 0 bridgehead atoms. The predicted octanol–water partition coefficient (Wildman–Crippen LogP) is 5.57. The lowest BCUT2D eigenvalue weighted by Crippen LogP contribution is -2.17. The average Bonchev–Trinajstić information content (AvgIpc) is 3.60. The van der Waals surface area contributed by atoms with Crippen molar-refractivity contribution in [2.45, 2.75) is 50.7 Å². The van der Waals surface area contributed by atoms with E-state index in [2.05, 4.69) is 22.9 Å². The Morgan fingerprint density at radius 2 is 2.05 bits per heavy atom. The number of pyridine rings is 1. The van der Waals surface area contributed by atoms with E-state index in [1.54, 1.807) is 49.5 Å². The Bertz CT molecular complexity index is 1480. The highest BCUT2D eigenvalue weighted by Crippen LogP contribution is 2.42. The first-order chi connectivity index (χ1) is 19.0. The fourth-order valence-electron chi connectivity index (χ4n) is 5.14.